The highest BCUT2D eigenvalue weighted by Gasteiger charge is 2.15. The van der Waals surface area contributed by atoms with E-state index in [9.17, 15) is 13.6 Å². The van der Waals surface area contributed by atoms with E-state index in [2.05, 4.69) is 10.1 Å². The van der Waals surface area contributed by atoms with E-state index in [0.29, 0.717) is 11.1 Å². The van der Waals surface area contributed by atoms with Gasteiger partial charge in [0.05, 0.1) is 18.2 Å². The molecule has 0 aliphatic heterocycles. The summed E-state index contributed by atoms with van der Waals surface area (Å²) in [5.74, 6) is -0.492. The first kappa shape index (κ1) is 16.7. The van der Waals surface area contributed by atoms with Gasteiger partial charge in [0.25, 0.3) is 5.91 Å². The fourth-order valence-electron chi connectivity index (χ4n) is 2.45. The molecule has 3 rings (SSSR count). The summed E-state index contributed by atoms with van der Waals surface area (Å²) in [6.45, 7) is -1.27. The minimum absolute atomic E-state index is 0.0747. The second kappa shape index (κ2) is 7.17. The van der Waals surface area contributed by atoms with Crippen LogP contribution in [0.1, 0.15) is 15.9 Å². The number of nitrogens with one attached hydrogen (secondary N) is 1. The third-order valence-corrected chi connectivity index (χ3v) is 3.67. The Morgan fingerprint density at radius 2 is 1.92 bits per heavy atom. The van der Waals surface area contributed by atoms with Crippen molar-refractivity contribution in [1.29, 1.82) is 0 Å². The van der Waals surface area contributed by atoms with Crippen LogP contribution in [-0.4, -0.2) is 12.5 Å². The van der Waals surface area contributed by atoms with Crippen LogP contribution in [0, 0.1) is 6.92 Å². The molecule has 0 saturated heterocycles. The van der Waals surface area contributed by atoms with Gasteiger partial charge in [0.2, 0.25) is 0 Å². The third-order valence-electron chi connectivity index (χ3n) is 3.67. The zero-order valence-electron chi connectivity index (χ0n) is 13.3. The van der Waals surface area contributed by atoms with E-state index < -0.39 is 12.5 Å². The van der Waals surface area contributed by atoms with Crippen molar-refractivity contribution in [3.63, 3.8) is 0 Å². The molecule has 2 aromatic carbocycles. The monoisotopic (exact) mass is 343 g/mol. The molecule has 0 unspecified atom stereocenters. The van der Waals surface area contributed by atoms with E-state index >= 15 is 0 Å². The number of carbonyl (C=O) groups is 1. The molecule has 25 heavy (non-hydrogen) atoms. The van der Waals surface area contributed by atoms with Gasteiger partial charge in [-0.2, -0.15) is 8.78 Å². The summed E-state index contributed by atoms with van der Waals surface area (Å²) in [4.78, 5) is 12.5. The first-order valence-electron chi connectivity index (χ1n) is 7.53. The number of ether oxygens (including phenoxy) is 1. The van der Waals surface area contributed by atoms with Crippen LogP contribution in [0.15, 0.2) is 65.5 Å². The third kappa shape index (κ3) is 3.85. The number of halogens is 2. The number of furan rings is 1. The second-order valence-electron chi connectivity index (χ2n) is 5.37. The zero-order valence-corrected chi connectivity index (χ0v) is 13.3. The number of hydrogen-bond donors (Lipinski definition) is 1. The number of alkyl halides is 2. The first-order valence-corrected chi connectivity index (χ1v) is 7.53. The van der Waals surface area contributed by atoms with Crippen LogP contribution in [0.25, 0.3) is 11.1 Å². The maximum Gasteiger partial charge on any atom is 0.387 e. The molecule has 4 nitrogen and oxygen atoms in total. The van der Waals surface area contributed by atoms with Crippen LogP contribution in [-0.2, 0) is 0 Å². The molecule has 0 radical (unpaired) electrons. The van der Waals surface area contributed by atoms with Crippen molar-refractivity contribution in [1.82, 2.24) is 0 Å². The number of anilines is 1. The van der Waals surface area contributed by atoms with Crippen molar-refractivity contribution in [2.75, 3.05) is 5.32 Å². The number of aryl methyl sites for hydroxylation is 1. The number of para-hydroxylation sites is 1. The molecule has 0 saturated carbocycles. The number of hydrogen-bond acceptors (Lipinski definition) is 3. The summed E-state index contributed by atoms with van der Waals surface area (Å²) < 4.78 is 34.6. The van der Waals surface area contributed by atoms with E-state index in [-0.39, 0.29) is 11.4 Å². The lowest BCUT2D eigenvalue weighted by Gasteiger charge is -2.14. The molecule has 0 atom stereocenters. The van der Waals surface area contributed by atoms with Gasteiger partial charge in [-0.3, -0.25) is 4.79 Å². The van der Waals surface area contributed by atoms with Crippen LogP contribution >= 0.6 is 0 Å². The van der Waals surface area contributed by atoms with Gasteiger partial charge in [0.15, 0.2) is 0 Å². The number of rotatable bonds is 5. The SMILES string of the molecule is Cc1cccc(OC(F)F)c1NC(=O)c1cccc(-c2ccoc2)c1. The molecule has 6 heteroatoms. The lowest BCUT2D eigenvalue weighted by atomic mass is 10.1. The van der Waals surface area contributed by atoms with Crippen molar-refractivity contribution < 1.29 is 22.7 Å². The smallest absolute Gasteiger partial charge is 0.387 e. The maximum absolute atomic E-state index is 12.6. The Bertz CT molecular complexity index is 876. The molecule has 1 amide bonds. The van der Waals surface area contributed by atoms with Crippen LogP contribution in [0.4, 0.5) is 14.5 Å². The number of benzene rings is 2. The Morgan fingerprint density at radius 1 is 1.12 bits per heavy atom. The minimum Gasteiger partial charge on any atom is -0.472 e. The van der Waals surface area contributed by atoms with E-state index in [0.717, 1.165) is 11.1 Å². The Labute approximate surface area is 143 Å². The van der Waals surface area contributed by atoms with E-state index in [1.54, 1.807) is 55.8 Å². The van der Waals surface area contributed by atoms with Crippen molar-refractivity contribution in [2.24, 2.45) is 0 Å². The fourth-order valence-corrected chi connectivity index (χ4v) is 2.45. The lowest BCUT2D eigenvalue weighted by Crippen LogP contribution is -2.15. The topological polar surface area (TPSA) is 51.5 Å². The average molecular weight is 343 g/mol. The molecule has 128 valence electrons. The molecule has 1 N–H and O–H groups in total. The summed E-state index contributed by atoms with van der Waals surface area (Å²) >= 11 is 0. The quantitative estimate of drug-likeness (QED) is 0.700. The molecule has 0 aliphatic carbocycles. The van der Waals surface area contributed by atoms with Gasteiger partial charge in [0, 0.05) is 11.1 Å². The van der Waals surface area contributed by atoms with Crippen molar-refractivity contribution in [3.05, 3.63) is 72.2 Å². The standard InChI is InChI=1S/C19H15F2NO3/c1-12-4-2-7-16(25-19(20)21)17(12)22-18(23)14-6-3-5-13(10-14)15-8-9-24-11-15/h2-11,19H,1H3,(H,22,23). The van der Waals surface area contributed by atoms with Gasteiger partial charge >= 0.3 is 6.61 Å². The molecular formula is C19H15F2NO3. The fraction of sp³-hybridized carbons (Fsp3) is 0.105. The maximum atomic E-state index is 12.6. The second-order valence-corrected chi connectivity index (χ2v) is 5.37. The summed E-state index contributed by atoms with van der Waals surface area (Å²) in [5.41, 5.74) is 2.89. The Morgan fingerprint density at radius 3 is 2.64 bits per heavy atom. The van der Waals surface area contributed by atoms with Crippen molar-refractivity contribution in [3.8, 4) is 16.9 Å². The predicted molar refractivity (Wildman–Crippen MR) is 89.9 cm³/mol. The largest absolute Gasteiger partial charge is 0.472 e. The highest BCUT2D eigenvalue weighted by atomic mass is 19.3. The van der Waals surface area contributed by atoms with Gasteiger partial charge in [-0.25, -0.2) is 0 Å². The van der Waals surface area contributed by atoms with E-state index in [4.69, 9.17) is 4.42 Å². The Kier molecular flexibility index (Phi) is 4.79. The highest BCUT2D eigenvalue weighted by Crippen LogP contribution is 2.30. The normalized spacial score (nSPS) is 10.7. The predicted octanol–water partition coefficient (Wildman–Crippen LogP) is 5.11. The molecule has 3 aromatic rings. The van der Waals surface area contributed by atoms with Crippen LogP contribution < -0.4 is 10.1 Å². The Hall–Kier alpha value is -3.15. The molecule has 0 spiro atoms. The first-order chi connectivity index (χ1) is 12.0. The van der Waals surface area contributed by atoms with E-state index in [1.807, 2.05) is 6.07 Å². The summed E-state index contributed by atoms with van der Waals surface area (Å²) in [5, 5.41) is 2.65. The summed E-state index contributed by atoms with van der Waals surface area (Å²) in [7, 11) is 0. The molecule has 1 heterocycles. The molecular weight excluding hydrogens is 328 g/mol. The molecule has 0 aliphatic rings. The van der Waals surface area contributed by atoms with Crippen LogP contribution in [0.5, 0.6) is 5.75 Å². The molecule has 0 fully saturated rings. The zero-order chi connectivity index (χ0) is 17.8. The van der Waals surface area contributed by atoms with Gasteiger partial charge in [0.1, 0.15) is 5.75 Å². The summed E-state index contributed by atoms with van der Waals surface area (Å²) in [6, 6.07) is 13.4. The van der Waals surface area contributed by atoms with Crippen LogP contribution in [0.3, 0.4) is 0 Å². The lowest BCUT2D eigenvalue weighted by molar-refractivity contribution is -0.0493. The highest BCUT2D eigenvalue weighted by molar-refractivity contribution is 6.06. The number of amides is 1. The summed E-state index contributed by atoms with van der Waals surface area (Å²) in [6.07, 6.45) is 3.12. The van der Waals surface area contributed by atoms with Crippen LogP contribution in [0.2, 0.25) is 0 Å². The van der Waals surface area contributed by atoms with E-state index in [1.165, 1.54) is 6.07 Å². The van der Waals surface area contributed by atoms with Crippen molar-refractivity contribution >= 4 is 11.6 Å². The number of carbonyl (C=O) groups excluding carboxylic acids is 1. The molecule has 0 bridgehead atoms. The van der Waals surface area contributed by atoms with Gasteiger partial charge in [-0.05, 0) is 42.3 Å². The van der Waals surface area contributed by atoms with Gasteiger partial charge < -0.3 is 14.5 Å². The minimum atomic E-state index is -2.97. The Balaban J connectivity index is 1.87. The average Bonchev–Trinajstić information content (AvgIpc) is 3.12. The molecule has 1 aromatic heterocycles. The van der Waals surface area contributed by atoms with Gasteiger partial charge in [-0.1, -0.05) is 24.3 Å². The van der Waals surface area contributed by atoms with Crippen molar-refractivity contribution in [2.45, 2.75) is 13.5 Å². The van der Waals surface area contributed by atoms with Gasteiger partial charge in [-0.15, -0.1) is 0 Å².